The minimum absolute atomic E-state index is 0.0766. The van der Waals surface area contributed by atoms with Crippen LogP contribution in [0.1, 0.15) is 87.4 Å². The minimum atomic E-state index is -0.855. The Balaban J connectivity index is 2.31. The van der Waals surface area contributed by atoms with Crippen molar-refractivity contribution in [3.63, 3.8) is 0 Å². The summed E-state index contributed by atoms with van der Waals surface area (Å²) in [5, 5.41) is 21.7. The van der Waals surface area contributed by atoms with E-state index in [1.165, 1.54) is 12.1 Å². The number of nitrogens with zero attached hydrogens (tertiary/aromatic N) is 1. The van der Waals surface area contributed by atoms with Gasteiger partial charge >= 0.3 is 0 Å². The molecule has 0 spiro atoms. The van der Waals surface area contributed by atoms with Crippen LogP contribution >= 0.6 is 0 Å². The summed E-state index contributed by atoms with van der Waals surface area (Å²) >= 11 is 0. The first-order chi connectivity index (χ1) is 13.8. The Morgan fingerprint density at radius 3 is 2.24 bits per heavy atom. The van der Waals surface area contributed by atoms with Gasteiger partial charge in [-0.25, -0.2) is 4.39 Å². The van der Waals surface area contributed by atoms with Crippen LogP contribution in [0.2, 0.25) is 0 Å². The van der Waals surface area contributed by atoms with Crippen molar-refractivity contribution in [1.82, 2.24) is 4.98 Å². The minimum Gasteiger partial charge on any atom is -0.392 e. The van der Waals surface area contributed by atoms with Crippen LogP contribution in [0, 0.1) is 5.82 Å². The average molecular weight is 402 g/mol. The third-order valence-corrected chi connectivity index (χ3v) is 5.64. The quantitative estimate of drug-likeness (QED) is 0.696. The first-order valence-electron chi connectivity index (χ1n) is 10.6. The van der Waals surface area contributed by atoms with E-state index in [1.807, 2.05) is 13.8 Å². The van der Waals surface area contributed by atoms with Crippen molar-refractivity contribution in [1.29, 1.82) is 0 Å². The zero-order valence-electron chi connectivity index (χ0n) is 17.8. The third-order valence-electron chi connectivity index (χ3n) is 5.64. The number of pyridine rings is 1. The Morgan fingerprint density at radius 1 is 1.07 bits per heavy atom. The molecule has 2 atom stereocenters. The van der Waals surface area contributed by atoms with E-state index in [4.69, 9.17) is 9.72 Å². The maximum atomic E-state index is 13.6. The lowest BCUT2D eigenvalue weighted by atomic mass is 9.83. The molecule has 158 valence electrons. The van der Waals surface area contributed by atoms with E-state index in [9.17, 15) is 14.6 Å². The van der Waals surface area contributed by atoms with Gasteiger partial charge in [0.1, 0.15) is 11.9 Å². The van der Waals surface area contributed by atoms with Crippen LogP contribution < -0.4 is 0 Å². The highest BCUT2D eigenvalue weighted by Gasteiger charge is 2.32. The van der Waals surface area contributed by atoms with Crippen molar-refractivity contribution in [3.8, 4) is 11.1 Å². The van der Waals surface area contributed by atoms with E-state index in [1.54, 1.807) is 12.1 Å². The molecule has 1 aromatic heterocycles. The molecule has 0 saturated carbocycles. The highest BCUT2D eigenvalue weighted by atomic mass is 19.1. The SMILES string of the molecule is CC(C)c1nc(C(C)C)c(C(O)C2CCCCO2)c(-c2ccc(F)cc2)c1CO. The van der Waals surface area contributed by atoms with Crippen LogP contribution in [-0.4, -0.2) is 27.9 Å². The van der Waals surface area contributed by atoms with E-state index in [-0.39, 0.29) is 30.4 Å². The van der Waals surface area contributed by atoms with Crippen molar-refractivity contribution in [3.05, 3.63) is 52.6 Å². The van der Waals surface area contributed by atoms with Crippen LogP contribution in [0.15, 0.2) is 24.3 Å². The topological polar surface area (TPSA) is 62.6 Å². The monoisotopic (exact) mass is 401 g/mol. The Kier molecular flexibility index (Phi) is 7.04. The Bertz CT molecular complexity index is 827. The van der Waals surface area contributed by atoms with Crippen molar-refractivity contribution in [2.75, 3.05) is 6.61 Å². The molecule has 2 aromatic rings. The van der Waals surface area contributed by atoms with Gasteiger partial charge in [0, 0.05) is 29.1 Å². The van der Waals surface area contributed by atoms with Crippen LogP contribution in [0.25, 0.3) is 11.1 Å². The normalized spacial score (nSPS) is 18.4. The number of hydrogen-bond acceptors (Lipinski definition) is 4. The number of halogens is 1. The molecule has 2 heterocycles. The number of hydrogen-bond donors (Lipinski definition) is 2. The third kappa shape index (κ3) is 4.52. The van der Waals surface area contributed by atoms with Gasteiger partial charge in [-0.05, 0) is 54.4 Å². The van der Waals surface area contributed by atoms with Gasteiger partial charge in [-0.2, -0.15) is 0 Å². The lowest BCUT2D eigenvalue weighted by Gasteiger charge is -2.32. The molecule has 2 unspecified atom stereocenters. The summed E-state index contributed by atoms with van der Waals surface area (Å²) in [6.45, 7) is 8.63. The van der Waals surface area contributed by atoms with E-state index in [0.29, 0.717) is 17.7 Å². The van der Waals surface area contributed by atoms with E-state index in [2.05, 4.69) is 13.8 Å². The second-order valence-corrected chi connectivity index (χ2v) is 8.47. The van der Waals surface area contributed by atoms with Gasteiger partial charge in [0.05, 0.1) is 12.7 Å². The standard InChI is InChI=1S/C24H32FNO3/c1-14(2)22-18(13-27)20(16-8-10-17(25)11-9-16)21(23(26-22)15(3)4)24(28)19-7-5-6-12-29-19/h8-11,14-15,19,24,27-28H,5-7,12-13H2,1-4H3. The zero-order chi connectivity index (χ0) is 21.1. The Morgan fingerprint density at radius 2 is 1.72 bits per heavy atom. The van der Waals surface area contributed by atoms with Gasteiger partial charge in [0.15, 0.2) is 0 Å². The van der Waals surface area contributed by atoms with Crippen molar-refractivity contribution in [2.24, 2.45) is 0 Å². The summed E-state index contributed by atoms with van der Waals surface area (Å²) < 4.78 is 19.5. The maximum absolute atomic E-state index is 13.6. The average Bonchev–Trinajstić information content (AvgIpc) is 2.72. The fourth-order valence-electron chi connectivity index (χ4n) is 4.20. The molecule has 4 nitrogen and oxygen atoms in total. The molecular formula is C24H32FNO3. The van der Waals surface area contributed by atoms with Crippen LogP contribution in [0.3, 0.4) is 0 Å². The predicted molar refractivity (Wildman–Crippen MR) is 112 cm³/mol. The molecule has 3 rings (SSSR count). The number of aromatic nitrogens is 1. The number of rotatable bonds is 6. The second kappa shape index (κ2) is 9.33. The molecule has 0 amide bonds. The van der Waals surface area contributed by atoms with Gasteiger partial charge in [-0.1, -0.05) is 39.8 Å². The zero-order valence-corrected chi connectivity index (χ0v) is 17.8. The highest BCUT2D eigenvalue weighted by molar-refractivity contribution is 5.74. The number of aliphatic hydroxyl groups excluding tert-OH is 2. The second-order valence-electron chi connectivity index (χ2n) is 8.47. The van der Waals surface area contributed by atoms with Crippen molar-refractivity contribution >= 4 is 0 Å². The molecule has 1 aliphatic rings. The van der Waals surface area contributed by atoms with E-state index < -0.39 is 6.10 Å². The summed E-state index contributed by atoms with van der Waals surface area (Å²) in [6.07, 6.45) is 1.62. The highest BCUT2D eigenvalue weighted by Crippen LogP contribution is 2.42. The Labute approximate surface area is 172 Å². The largest absolute Gasteiger partial charge is 0.392 e. The summed E-state index contributed by atoms with van der Waals surface area (Å²) in [5.41, 5.74) is 4.55. The molecule has 1 fully saturated rings. The molecule has 0 bridgehead atoms. The first kappa shape index (κ1) is 21.9. The van der Waals surface area contributed by atoms with Gasteiger partial charge in [0.2, 0.25) is 0 Å². The fourth-order valence-corrected chi connectivity index (χ4v) is 4.20. The van der Waals surface area contributed by atoms with Crippen molar-refractivity contribution < 1.29 is 19.3 Å². The van der Waals surface area contributed by atoms with Gasteiger partial charge in [0.25, 0.3) is 0 Å². The van der Waals surface area contributed by atoms with Gasteiger partial charge in [-0.3, -0.25) is 4.98 Å². The summed E-state index contributed by atoms with van der Waals surface area (Å²) in [4.78, 5) is 4.91. The molecule has 1 saturated heterocycles. The number of ether oxygens (including phenoxy) is 1. The van der Waals surface area contributed by atoms with Crippen LogP contribution in [0.4, 0.5) is 4.39 Å². The summed E-state index contributed by atoms with van der Waals surface area (Å²) in [6, 6.07) is 6.23. The van der Waals surface area contributed by atoms with Crippen LogP contribution in [-0.2, 0) is 11.3 Å². The fraction of sp³-hybridized carbons (Fsp3) is 0.542. The number of aliphatic hydroxyl groups is 2. The van der Waals surface area contributed by atoms with Crippen molar-refractivity contribution in [2.45, 2.75) is 77.6 Å². The maximum Gasteiger partial charge on any atom is 0.123 e. The molecule has 1 aromatic carbocycles. The summed E-state index contributed by atoms with van der Waals surface area (Å²) in [5.74, 6) is -0.141. The molecule has 0 radical (unpaired) electrons. The Hall–Kier alpha value is -1.82. The first-order valence-corrected chi connectivity index (χ1v) is 10.6. The molecule has 1 aliphatic heterocycles. The molecule has 29 heavy (non-hydrogen) atoms. The van der Waals surface area contributed by atoms with E-state index in [0.717, 1.165) is 41.8 Å². The molecule has 0 aliphatic carbocycles. The number of benzene rings is 1. The predicted octanol–water partition coefficient (Wildman–Crippen LogP) is 5.23. The molecular weight excluding hydrogens is 369 g/mol. The van der Waals surface area contributed by atoms with Gasteiger partial charge in [-0.15, -0.1) is 0 Å². The molecule has 5 heteroatoms. The lowest BCUT2D eigenvalue weighted by molar-refractivity contribution is -0.0636. The smallest absolute Gasteiger partial charge is 0.123 e. The summed E-state index contributed by atoms with van der Waals surface area (Å²) in [7, 11) is 0. The van der Waals surface area contributed by atoms with E-state index >= 15 is 0 Å². The van der Waals surface area contributed by atoms with Gasteiger partial charge < -0.3 is 14.9 Å². The molecule has 2 N–H and O–H groups in total. The van der Waals surface area contributed by atoms with Crippen LogP contribution in [0.5, 0.6) is 0 Å². The lowest BCUT2D eigenvalue weighted by Crippen LogP contribution is -2.28.